The molecule has 2 saturated carbocycles. The predicted molar refractivity (Wildman–Crippen MR) is 184 cm³/mol. The normalized spacial score (nSPS) is 34.7. The predicted octanol–water partition coefficient (Wildman–Crippen LogP) is 8.72. The molecule has 0 aromatic carbocycles. The second-order valence-electron chi connectivity index (χ2n) is 14.8. The number of aliphatic hydroxyl groups is 3. The van der Waals surface area contributed by atoms with Crippen molar-refractivity contribution in [2.24, 2.45) is 10.8 Å². The van der Waals surface area contributed by atoms with E-state index in [-0.39, 0.29) is 28.1 Å². The molecule has 1 heterocycles. The van der Waals surface area contributed by atoms with Crippen LogP contribution in [0.15, 0.2) is 113 Å². The fraction of sp³-hybridized carbons (Fsp3) is 0.525. The van der Waals surface area contributed by atoms with Gasteiger partial charge >= 0.3 is 0 Å². The summed E-state index contributed by atoms with van der Waals surface area (Å²) in [5, 5.41) is 31.4. The third-order valence-electron chi connectivity index (χ3n) is 9.67. The topological polar surface area (TPSA) is 73.2 Å². The Morgan fingerprint density at radius 2 is 1.27 bits per heavy atom. The fourth-order valence-corrected chi connectivity index (χ4v) is 6.94. The molecule has 1 saturated heterocycles. The summed E-state index contributed by atoms with van der Waals surface area (Å²) in [6, 6.07) is 0. The van der Waals surface area contributed by atoms with E-state index in [4.69, 9.17) is 4.74 Å². The van der Waals surface area contributed by atoms with Crippen molar-refractivity contribution in [3.63, 3.8) is 0 Å². The van der Waals surface area contributed by atoms with Gasteiger partial charge in [-0.2, -0.15) is 0 Å². The van der Waals surface area contributed by atoms with E-state index in [0.29, 0.717) is 12.8 Å². The van der Waals surface area contributed by atoms with Crippen molar-refractivity contribution in [1.29, 1.82) is 0 Å². The van der Waals surface area contributed by atoms with E-state index in [9.17, 15) is 15.3 Å². The van der Waals surface area contributed by atoms with Gasteiger partial charge in [-0.05, 0) is 83.9 Å². The summed E-state index contributed by atoms with van der Waals surface area (Å²) in [6.07, 6.45) is 28.6. The number of epoxide rings is 1. The zero-order valence-electron chi connectivity index (χ0n) is 28.7. The Morgan fingerprint density at radius 1 is 0.750 bits per heavy atom. The Balaban J connectivity index is 1.54. The van der Waals surface area contributed by atoms with Gasteiger partial charge in [0.1, 0.15) is 16.8 Å². The van der Waals surface area contributed by atoms with E-state index >= 15 is 0 Å². The molecular weight excluding hydrogens is 544 g/mol. The molecule has 0 aromatic heterocycles. The highest BCUT2D eigenvalue weighted by Crippen LogP contribution is 2.66. The van der Waals surface area contributed by atoms with Gasteiger partial charge in [0.2, 0.25) is 0 Å². The Hall–Kier alpha value is -2.72. The molecule has 1 aliphatic heterocycles. The largest absolute Gasteiger partial charge is 0.393 e. The minimum absolute atomic E-state index is 0.104. The molecule has 0 bridgehead atoms. The Morgan fingerprint density at radius 3 is 1.84 bits per heavy atom. The first-order chi connectivity index (χ1) is 20.4. The van der Waals surface area contributed by atoms with Crippen LogP contribution in [0.1, 0.15) is 94.9 Å². The average molecular weight is 601 g/mol. The van der Waals surface area contributed by atoms with Gasteiger partial charge in [0.15, 0.2) is 0 Å². The van der Waals surface area contributed by atoms with E-state index in [1.807, 2.05) is 37.3 Å². The third kappa shape index (κ3) is 8.30. The molecule has 0 unspecified atom stereocenters. The van der Waals surface area contributed by atoms with Crippen LogP contribution in [0.5, 0.6) is 0 Å². The van der Waals surface area contributed by atoms with Crippen molar-refractivity contribution < 1.29 is 20.1 Å². The monoisotopic (exact) mass is 600 g/mol. The maximum absolute atomic E-state index is 10.9. The molecule has 44 heavy (non-hydrogen) atoms. The van der Waals surface area contributed by atoms with E-state index in [0.717, 1.165) is 40.7 Å². The summed E-state index contributed by atoms with van der Waals surface area (Å²) in [5.41, 5.74) is 6.36. The van der Waals surface area contributed by atoms with Gasteiger partial charge in [-0.3, -0.25) is 0 Å². The van der Waals surface area contributed by atoms with Gasteiger partial charge < -0.3 is 20.1 Å². The van der Waals surface area contributed by atoms with Gasteiger partial charge in [0.05, 0.1) is 12.2 Å². The summed E-state index contributed by atoms with van der Waals surface area (Å²) in [5.74, 6) is 0. The van der Waals surface area contributed by atoms with Crippen LogP contribution in [-0.4, -0.2) is 44.3 Å². The lowest BCUT2D eigenvalue weighted by atomic mass is 9.63. The molecule has 3 N–H and O–H groups in total. The molecule has 3 aliphatic rings. The quantitative estimate of drug-likeness (QED) is 0.141. The molecule has 4 heteroatoms. The molecule has 2 aliphatic carbocycles. The molecule has 3 rings (SSSR count). The number of fused-ring (bicyclic) bond motifs is 1. The van der Waals surface area contributed by atoms with Crippen molar-refractivity contribution in [3.05, 3.63) is 113 Å². The highest BCUT2D eigenvalue weighted by atomic mass is 16.6. The lowest BCUT2D eigenvalue weighted by Crippen LogP contribution is -2.49. The van der Waals surface area contributed by atoms with Gasteiger partial charge in [-0.25, -0.2) is 0 Å². The molecule has 5 atom stereocenters. The Labute approximate surface area is 267 Å². The van der Waals surface area contributed by atoms with Crippen molar-refractivity contribution in [2.45, 2.75) is 124 Å². The first-order valence-electron chi connectivity index (χ1n) is 16.0. The SMILES string of the molecule is C\C(C=C=C1C(C)(C)CC[C@H](O)[C@@]1(C)O)=C/C=C/C(C)=C/C=C/C=C(C)/C=C/C=C(C)/C=C/[C@@]12O[C@]1(C)C[C@@H](O)CC2(C)C. The summed E-state index contributed by atoms with van der Waals surface area (Å²) in [6.45, 7) is 20.6. The summed E-state index contributed by atoms with van der Waals surface area (Å²) < 4.78 is 6.24. The standard InChI is InChI=1S/C40H56O4/c1-29(17-13-19-31(3)21-22-34-36(5,6)25-24-35(42)39(34,10)43)15-11-12-16-30(2)18-14-20-32(4)23-26-40-37(7,8)27-33(41)28-38(40,9)44-40/h11-21,23,26,33,35,41-43H,24-25,27-28H2,1-10H3/b12-11+,17-13+,18-14+,26-23+,29-15+,30-16+,31-19+,32-20+/t22?,33-,35-,38+,39-,40-/m0/s1. The maximum atomic E-state index is 10.9. The minimum atomic E-state index is -1.26. The molecular formula is C40H56O4. The fourth-order valence-electron chi connectivity index (χ4n) is 6.94. The van der Waals surface area contributed by atoms with Crippen molar-refractivity contribution in [3.8, 4) is 0 Å². The maximum Gasteiger partial charge on any atom is 0.121 e. The minimum Gasteiger partial charge on any atom is -0.393 e. The van der Waals surface area contributed by atoms with Crippen LogP contribution in [0, 0.1) is 10.8 Å². The molecule has 4 nitrogen and oxygen atoms in total. The highest BCUT2D eigenvalue weighted by Gasteiger charge is 2.74. The van der Waals surface area contributed by atoms with E-state index in [2.05, 4.69) is 110 Å². The van der Waals surface area contributed by atoms with Gasteiger partial charge in [-0.15, -0.1) is 5.73 Å². The van der Waals surface area contributed by atoms with Crippen LogP contribution in [0.25, 0.3) is 0 Å². The van der Waals surface area contributed by atoms with Crippen molar-refractivity contribution in [1.82, 2.24) is 0 Å². The van der Waals surface area contributed by atoms with Crippen molar-refractivity contribution in [2.75, 3.05) is 0 Å². The number of allylic oxidation sites excluding steroid dienone is 15. The van der Waals surface area contributed by atoms with E-state index in [1.54, 1.807) is 6.92 Å². The summed E-state index contributed by atoms with van der Waals surface area (Å²) in [7, 11) is 0. The van der Waals surface area contributed by atoms with E-state index in [1.165, 1.54) is 0 Å². The number of rotatable bonds is 9. The molecule has 0 amide bonds. The summed E-state index contributed by atoms with van der Waals surface area (Å²) in [4.78, 5) is 0. The van der Waals surface area contributed by atoms with Crippen LogP contribution in [0.2, 0.25) is 0 Å². The summed E-state index contributed by atoms with van der Waals surface area (Å²) >= 11 is 0. The zero-order chi connectivity index (χ0) is 33.0. The van der Waals surface area contributed by atoms with Crippen LogP contribution in [0.3, 0.4) is 0 Å². The van der Waals surface area contributed by atoms with Gasteiger partial charge in [0, 0.05) is 17.4 Å². The number of ether oxygens (including phenoxy) is 1. The van der Waals surface area contributed by atoms with Crippen LogP contribution in [-0.2, 0) is 4.74 Å². The smallest absolute Gasteiger partial charge is 0.121 e. The molecule has 3 fully saturated rings. The Bertz CT molecular complexity index is 1380. The van der Waals surface area contributed by atoms with Crippen molar-refractivity contribution >= 4 is 0 Å². The van der Waals surface area contributed by atoms with Gasteiger partial charge in [-0.1, -0.05) is 111 Å². The molecule has 0 aromatic rings. The Kier molecular flexibility index (Phi) is 11.2. The number of aliphatic hydroxyl groups excluding tert-OH is 2. The second kappa shape index (κ2) is 13.7. The van der Waals surface area contributed by atoms with E-state index < -0.39 is 11.7 Å². The molecule has 0 radical (unpaired) electrons. The molecule has 0 spiro atoms. The van der Waals surface area contributed by atoms with Crippen LogP contribution in [0.4, 0.5) is 0 Å². The second-order valence-corrected chi connectivity index (χ2v) is 14.8. The van der Waals surface area contributed by atoms with Crippen LogP contribution >= 0.6 is 0 Å². The first kappa shape index (κ1) is 35.8. The zero-order valence-corrected chi connectivity index (χ0v) is 28.7. The third-order valence-corrected chi connectivity index (χ3v) is 9.67. The lowest BCUT2D eigenvalue weighted by molar-refractivity contribution is -0.0719. The molecule has 240 valence electrons. The highest BCUT2D eigenvalue weighted by molar-refractivity contribution is 5.37. The lowest BCUT2D eigenvalue weighted by Gasteiger charge is -2.44. The van der Waals surface area contributed by atoms with Crippen LogP contribution < -0.4 is 0 Å². The number of hydrogen-bond acceptors (Lipinski definition) is 4. The number of hydrogen-bond donors (Lipinski definition) is 3. The average Bonchev–Trinajstić information content (AvgIpc) is 3.53. The van der Waals surface area contributed by atoms with Gasteiger partial charge in [0.25, 0.3) is 0 Å². The first-order valence-corrected chi connectivity index (χ1v) is 16.0.